The molecule has 4 heteroatoms. The van der Waals surface area contributed by atoms with Gasteiger partial charge in [-0.25, -0.2) is 4.98 Å². The van der Waals surface area contributed by atoms with Gasteiger partial charge in [-0.15, -0.1) is 0 Å². The molecule has 3 N–H and O–H groups in total. The minimum atomic E-state index is -0.301. The Balaban J connectivity index is 2.81. The SMILES string of the molecule is NC(CCO)c1cccc(C=O)n1. The molecular weight excluding hydrogens is 168 g/mol. The van der Waals surface area contributed by atoms with E-state index in [0.29, 0.717) is 24.1 Å². The topological polar surface area (TPSA) is 76.2 Å². The van der Waals surface area contributed by atoms with Gasteiger partial charge in [-0.2, -0.15) is 0 Å². The summed E-state index contributed by atoms with van der Waals surface area (Å²) in [5.74, 6) is 0. The molecular formula is C9H12N2O2. The van der Waals surface area contributed by atoms with E-state index in [4.69, 9.17) is 10.8 Å². The lowest BCUT2D eigenvalue weighted by atomic mass is 10.1. The number of aliphatic hydroxyl groups excluding tert-OH is 1. The molecule has 0 aliphatic heterocycles. The zero-order valence-electron chi connectivity index (χ0n) is 7.18. The molecule has 0 amide bonds. The number of aldehydes is 1. The van der Waals surface area contributed by atoms with Gasteiger partial charge in [0.15, 0.2) is 6.29 Å². The first kappa shape index (κ1) is 9.83. The van der Waals surface area contributed by atoms with Crippen molar-refractivity contribution < 1.29 is 9.90 Å². The maximum atomic E-state index is 10.4. The summed E-state index contributed by atoms with van der Waals surface area (Å²) < 4.78 is 0. The van der Waals surface area contributed by atoms with Crippen LogP contribution >= 0.6 is 0 Å². The van der Waals surface area contributed by atoms with E-state index in [9.17, 15) is 4.79 Å². The second-order valence-corrected chi connectivity index (χ2v) is 2.72. The largest absolute Gasteiger partial charge is 0.396 e. The normalized spacial score (nSPS) is 12.5. The van der Waals surface area contributed by atoms with E-state index in [0.717, 1.165) is 0 Å². The number of carbonyl (C=O) groups is 1. The molecule has 1 aromatic rings. The van der Waals surface area contributed by atoms with Crippen molar-refractivity contribution in [1.82, 2.24) is 4.98 Å². The molecule has 1 rings (SSSR count). The first-order valence-corrected chi connectivity index (χ1v) is 4.06. The Morgan fingerprint density at radius 2 is 2.38 bits per heavy atom. The third kappa shape index (κ3) is 2.61. The van der Waals surface area contributed by atoms with Gasteiger partial charge in [-0.3, -0.25) is 4.79 Å². The van der Waals surface area contributed by atoms with E-state index < -0.39 is 0 Å². The van der Waals surface area contributed by atoms with Crippen LogP contribution in [0.2, 0.25) is 0 Å². The fourth-order valence-electron chi connectivity index (χ4n) is 1.03. The summed E-state index contributed by atoms with van der Waals surface area (Å²) in [6, 6.07) is 4.78. The second-order valence-electron chi connectivity index (χ2n) is 2.72. The van der Waals surface area contributed by atoms with Crippen LogP contribution in [0.1, 0.15) is 28.6 Å². The fourth-order valence-corrected chi connectivity index (χ4v) is 1.03. The zero-order chi connectivity index (χ0) is 9.68. The van der Waals surface area contributed by atoms with Gasteiger partial charge in [0.1, 0.15) is 5.69 Å². The van der Waals surface area contributed by atoms with Crippen molar-refractivity contribution in [2.75, 3.05) is 6.61 Å². The molecule has 4 nitrogen and oxygen atoms in total. The molecule has 0 bridgehead atoms. The molecule has 0 spiro atoms. The van der Waals surface area contributed by atoms with Gasteiger partial charge in [-0.1, -0.05) is 6.07 Å². The molecule has 1 aromatic heterocycles. The van der Waals surface area contributed by atoms with Crippen molar-refractivity contribution in [2.45, 2.75) is 12.5 Å². The molecule has 0 saturated heterocycles. The molecule has 0 saturated carbocycles. The molecule has 0 aliphatic rings. The number of hydrogen-bond acceptors (Lipinski definition) is 4. The van der Waals surface area contributed by atoms with Gasteiger partial charge < -0.3 is 10.8 Å². The van der Waals surface area contributed by atoms with E-state index in [1.165, 1.54) is 0 Å². The summed E-state index contributed by atoms with van der Waals surface area (Å²) in [6.07, 6.45) is 1.13. The zero-order valence-corrected chi connectivity index (χ0v) is 7.18. The van der Waals surface area contributed by atoms with Gasteiger partial charge >= 0.3 is 0 Å². The number of pyridine rings is 1. The first-order chi connectivity index (χ1) is 6.27. The molecule has 13 heavy (non-hydrogen) atoms. The molecule has 0 fully saturated rings. The minimum absolute atomic E-state index is 0.0220. The molecule has 0 aliphatic carbocycles. The summed E-state index contributed by atoms with van der Waals surface area (Å²) in [5.41, 5.74) is 6.69. The van der Waals surface area contributed by atoms with Crippen LogP contribution < -0.4 is 5.73 Å². The van der Waals surface area contributed by atoms with Crippen molar-refractivity contribution >= 4 is 6.29 Å². The number of carbonyl (C=O) groups excluding carboxylic acids is 1. The second kappa shape index (κ2) is 4.69. The number of aliphatic hydroxyl groups is 1. The van der Waals surface area contributed by atoms with Crippen molar-refractivity contribution in [3.8, 4) is 0 Å². The molecule has 1 unspecified atom stereocenters. The standard InChI is InChI=1S/C9H12N2O2/c10-8(4-5-12)9-3-1-2-7(6-13)11-9/h1-3,6,8,12H,4-5,10H2. The van der Waals surface area contributed by atoms with Gasteiger partial charge in [-0.05, 0) is 18.6 Å². The number of nitrogens with zero attached hydrogens (tertiary/aromatic N) is 1. The molecule has 1 heterocycles. The number of aromatic nitrogens is 1. The Hall–Kier alpha value is -1.26. The van der Waals surface area contributed by atoms with E-state index in [2.05, 4.69) is 4.98 Å². The van der Waals surface area contributed by atoms with Gasteiger partial charge in [0.25, 0.3) is 0 Å². The van der Waals surface area contributed by atoms with Gasteiger partial charge in [0, 0.05) is 12.6 Å². The van der Waals surface area contributed by atoms with Crippen molar-refractivity contribution in [3.05, 3.63) is 29.6 Å². The lowest BCUT2D eigenvalue weighted by Gasteiger charge is -2.08. The molecule has 1 atom stereocenters. The highest BCUT2D eigenvalue weighted by atomic mass is 16.3. The van der Waals surface area contributed by atoms with E-state index in [-0.39, 0.29) is 12.6 Å². The van der Waals surface area contributed by atoms with Crippen LogP contribution in [0.3, 0.4) is 0 Å². The summed E-state index contributed by atoms with van der Waals surface area (Å²) in [5, 5.41) is 8.65. The van der Waals surface area contributed by atoms with Crippen molar-refractivity contribution in [2.24, 2.45) is 5.73 Å². The van der Waals surface area contributed by atoms with Crippen LogP contribution in [0, 0.1) is 0 Å². The van der Waals surface area contributed by atoms with Crippen LogP contribution in [-0.2, 0) is 0 Å². The van der Waals surface area contributed by atoms with E-state index >= 15 is 0 Å². The average molecular weight is 180 g/mol. The van der Waals surface area contributed by atoms with Crippen molar-refractivity contribution in [1.29, 1.82) is 0 Å². The lowest BCUT2D eigenvalue weighted by Crippen LogP contribution is -2.14. The Kier molecular flexibility index (Phi) is 3.54. The predicted octanol–water partition coefficient (Wildman–Crippen LogP) is 0.276. The van der Waals surface area contributed by atoms with E-state index in [1.54, 1.807) is 18.2 Å². The Morgan fingerprint density at radius 3 is 3.00 bits per heavy atom. The minimum Gasteiger partial charge on any atom is -0.396 e. The van der Waals surface area contributed by atoms with Crippen LogP contribution in [-0.4, -0.2) is 23.0 Å². The van der Waals surface area contributed by atoms with Crippen LogP contribution in [0.25, 0.3) is 0 Å². The summed E-state index contributed by atoms with van der Waals surface area (Å²) in [6.45, 7) is 0.0220. The fraction of sp³-hybridized carbons (Fsp3) is 0.333. The maximum Gasteiger partial charge on any atom is 0.168 e. The average Bonchev–Trinajstić information content (AvgIpc) is 2.18. The van der Waals surface area contributed by atoms with Crippen molar-refractivity contribution in [3.63, 3.8) is 0 Å². The highest BCUT2D eigenvalue weighted by molar-refractivity contribution is 5.71. The molecule has 0 aromatic carbocycles. The predicted molar refractivity (Wildman–Crippen MR) is 48.3 cm³/mol. The highest BCUT2D eigenvalue weighted by Gasteiger charge is 2.06. The number of rotatable bonds is 4. The highest BCUT2D eigenvalue weighted by Crippen LogP contribution is 2.10. The monoisotopic (exact) mass is 180 g/mol. The summed E-state index contributed by atoms with van der Waals surface area (Å²) in [7, 11) is 0. The summed E-state index contributed by atoms with van der Waals surface area (Å²) >= 11 is 0. The summed E-state index contributed by atoms with van der Waals surface area (Å²) in [4.78, 5) is 14.4. The van der Waals surface area contributed by atoms with E-state index in [1.807, 2.05) is 0 Å². The Bertz CT molecular complexity index is 289. The first-order valence-electron chi connectivity index (χ1n) is 4.06. The number of nitrogens with two attached hydrogens (primary N) is 1. The molecule has 70 valence electrons. The Labute approximate surface area is 76.4 Å². The third-order valence-corrected chi connectivity index (χ3v) is 1.73. The number of hydrogen-bond donors (Lipinski definition) is 2. The van der Waals surface area contributed by atoms with Crippen LogP contribution in [0.4, 0.5) is 0 Å². The third-order valence-electron chi connectivity index (χ3n) is 1.73. The smallest absolute Gasteiger partial charge is 0.168 e. The quantitative estimate of drug-likeness (QED) is 0.652. The van der Waals surface area contributed by atoms with Crippen LogP contribution in [0.15, 0.2) is 18.2 Å². The lowest BCUT2D eigenvalue weighted by molar-refractivity contribution is 0.111. The maximum absolute atomic E-state index is 10.4. The van der Waals surface area contributed by atoms with Gasteiger partial charge in [0.05, 0.1) is 5.69 Å². The Morgan fingerprint density at radius 1 is 1.62 bits per heavy atom. The molecule has 0 radical (unpaired) electrons. The van der Waals surface area contributed by atoms with Crippen LogP contribution in [0.5, 0.6) is 0 Å². The van der Waals surface area contributed by atoms with Gasteiger partial charge in [0.2, 0.25) is 0 Å².